The van der Waals surface area contributed by atoms with E-state index in [0.29, 0.717) is 21.4 Å². The highest BCUT2D eigenvalue weighted by Gasteiger charge is 2.20. The highest BCUT2D eigenvalue weighted by molar-refractivity contribution is 8.29. The summed E-state index contributed by atoms with van der Waals surface area (Å²) in [6.07, 6.45) is 8.97. The van der Waals surface area contributed by atoms with Gasteiger partial charge in [0, 0.05) is 10.9 Å². The lowest BCUT2D eigenvalue weighted by Gasteiger charge is -1.94. The molecule has 0 nitrogen and oxygen atoms in total. The van der Waals surface area contributed by atoms with Gasteiger partial charge in [0.1, 0.15) is 17.2 Å². The van der Waals surface area contributed by atoms with Gasteiger partial charge in [-0.1, -0.05) is 0 Å². The molecule has 0 aliphatic heterocycles. The van der Waals surface area contributed by atoms with Crippen molar-refractivity contribution in [1.29, 1.82) is 0 Å². The van der Waals surface area contributed by atoms with Crippen molar-refractivity contribution >= 4 is 33.3 Å². The average molecular weight is 224 g/mol. The van der Waals surface area contributed by atoms with Crippen molar-refractivity contribution in [3.63, 3.8) is 0 Å². The van der Waals surface area contributed by atoms with Gasteiger partial charge in [0.2, 0.25) is 0 Å². The maximum absolute atomic E-state index is 9.75. The Balaban J connectivity index is 0. The zero-order valence-electron chi connectivity index (χ0n) is 7.48. The second-order valence-electron chi connectivity index (χ2n) is 2.35. The van der Waals surface area contributed by atoms with Crippen molar-refractivity contribution < 1.29 is 17.3 Å². The van der Waals surface area contributed by atoms with Crippen molar-refractivity contribution in [2.45, 2.75) is 0 Å². The predicted octanol–water partition coefficient (Wildman–Crippen LogP) is 2.45. The molecule has 0 aromatic heterocycles. The summed E-state index contributed by atoms with van der Waals surface area (Å²) in [6, 6.07) is 0. The van der Waals surface area contributed by atoms with E-state index in [1.807, 2.05) is 0 Å². The van der Waals surface area contributed by atoms with Gasteiger partial charge in [0.15, 0.2) is 0 Å². The highest BCUT2D eigenvalue weighted by Crippen LogP contribution is 2.06. The van der Waals surface area contributed by atoms with Crippen LogP contribution in [0.4, 0.5) is 17.3 Å². The Morgan fingerprint density at radius 3 is 1.33 bits per heavy atom. The van der Waals surface area contributed by atoms with Gasteiger partial charge in [-0.2, -0.15) is 0 Å². The minimum Gasteiger partial charge on any atom is -0.418 e. The van der Waals surface area contributed by atoms with Crippen LogP contribution in [0.2, 0.25) is 0 Å². The van der Waals surface area contributed by atoms with E-state index in [1.165, 1.54) is 0 Å². The van der Waals surface area contributed by atoms with E-state index in [-0.39, 0.29) is 0 Å². The van der Waals surface area contributed by atoms with Gasteiger partial charge < -0.3 is 17.3 Å². The molecule has 0 radical (unpaired) electrons. The van der Waals surface area contributed by atoms with Gasteiger partial charge >= 0.3 is 7.25 Å². The zero-order valence-corrected chi connectivity index (χ0v) is 9.12. The Hall–Kier alpha value is 0.355. The number of halogens is 4. The molecule has 0 N–H and O–H groups in total. The van der Waals surface area contributed by atoms with E-state index in [4.69, 9.17) is 0 Å². The molecular formula is C5H13BF4S2. The lowest BCUT2D eigenvalue weighted by atomic mass is 10.3. The molecule has 0 aliphatic rings. The molecule has 0 rings (SSSR count). The van der Waals surface area contributed by atoms with Crippen LogP contribution in [-0.4, -0.2) is 37.0 Å². The number of hydrogen-bond donors (Lipinski definition) is 0. The van der Waals surface area contributed by atoms with E-state index in [2.05, 4.69) is 29.7 Å². The molecule has 0 bridgehead atoms. The van der Waals surface area contributed by atoms with Crippen molar-refractivity contribution in [2.75, 3.05) is 25.0 Å². The van der Waals surface area contributed by atoms with Crippen LogP contribution in [0.1, 0.15) is 0 Å². The van der Waals surface area contributed by atoms with Gasteiger partial charge in [-0.05, 0) is 12.5 Å². The predicted molar refractivity (Wildman–Crippen MR) is 54.9 cm³/mol. The monoisotopic (exact) mass is 224 g/mol. The largest absolute Gasteiger partial charge is 0.673 e. The van der Waals surface area contributed by atoms with Gasteiger partial charge in [-0.3, -0.25) is 0 Å². The van der Waals surface area contributed by atoms with Crippen LogP contribution in [0.25, 0.3) is 0 Å². The molecule has 12 heavy (non-hydrogen) atoms. The number of hydrogen-bond acceptors (Lipinski definition) is 0. The second-order valence-corrected chi connectivity index (χ2v) is 6.64. The van der Waals surface area contributed by atoms with Crippen LogP contribution in [0, 0.1) is 0 Å². The Bertz CT molecular complexity index is 133. The van der Waals surface area contributed by atoms with Crippen molar-refractivity contribution in [3.05, 3.63) is 0 Å². The molecule has 0 aromatic rings. The highest BCUT2D eigenvalue weighted by atomic mass is 32.2. The van der Waals surface area contributed by atoms with Gasteiger partial charge in [0.25, 0.3) is 0 Å². The molecule has 0 aromatic carbocycles. The van der Waals surface area contributed by atoms with Crippen LogP contribution in [-0.2, 0) is 10.9 Å². The quantitative estimate of drug-likeness (QED) is 0.278. The lowest BCUT2D eigenvalue weighted by molar-refractivity contribution is 0.368. The first-order valence-electron chi connectivity index (χ1n) is 2.98. The van der Waals surface area contributed by atoms with E-state index in [0.717, 1.165) is 0 Å². The molecule has 0 atom stereocenters. The van der Waals surface area contributed by atoms with Crippen molar-refractivity contribution in [2.24, 2.45) is 0 Å². The van der Waals surface area contributed by atoms with Crippen LogP contribution < -0.4 is 0 Å². The van der Waals surface area contributed by atoms with Crippen molar-refractivity contribution in [1.82, 2.24) is 0 Å². The Morgan fingerprint density at radius 2 is 1.33 bits per heavy atom. The molecule has 7 heteroatoms. The molecule has 0 spiro atoms. The SMILES string of the molecule is CS(C)=C[S+](C)C.F[B-](F)(F)F. The molecule has 0 amide bonds. The van der Waals surface area contributed by atoms with Gasteiger partial charge in [0.05, 0.1) is 0 Å². The number of rotatable bonds is 1. The maximum Gasteiger partial charge on any atom is 0.673 e. The topological polar surface area (TPSA) is 0 Å². The minimum atomic E-state index is -6.00. The molecule has 0 saturated heterocycles. The summed E-state index contributed by atoms with van der Waals surface area (Å²) >= 11 is 0. The van der Waals surface area contributed by atoms with Gasteiger partial charge in [-0.15, -0.1) is 10.5 Å². The molecule has 0 fully saturated rings. The standard InChI is InChI=1S/C5H13S2.BF4/c1-6(2)5-7(3)4;2-1(3,4)5/h5H,1-4H3;/q+1;-1. The fourth-order valence-electron chi connectivity index (χ4n) is 0.385. The Labute approximate surface area is 76.1 Å². The van der Waals surface area contributed by atoms with Crippen LogP contribution in [0.5, 0.6) is 0 Å². The van der Waals surface area contributed by atoms with E-state index < -0.39 is 7.25 Å². The Kier molecular flexibility index (Phi) is 8.45. The normalized spacial score (nSPS) is 11.2. The smallest absolute Gasteiger partial charge is 0.418 e. The van der Waals surface area contributed by atoms with Crippen LogP contribution in [0.15, 0.2) is 0 Å². The molecule has 0 unspecified atom stereocenters. The first-order chi connectivity index (χ1) is 5.13. The maximum atomic E-state index is 9.75. The summed E-state index contributed by atoms with van der Waals surface area (Å²) in [6.45, 7) is 0. The van der Waals surface area contributed by atoms with Crippen LogP contribution in [0.3, 0.4) is 0 Å². The zero-order chi connectivity index (χ0) is 10.4. The van der Waals surface area contributed by atoms with E-state index in [9.17, 15) is 17.3 Å². The average Bonchev–Trinajstić information content (AvgIpc) is 1.52. The first kappa shape index (κ1) is 14.9. The molecule has 0 saturated carbocycles. The molecule has 0 aliphatic carbocycles. The fraction of sp³-hybridized carbons (Fsp3) is 0.800. The first-order valence-corrected chi connectivity index (χ1v) is 7.19. The summed E-state index contributed by atoms with van der Waals surface area (Å²) in [5, 5.41) is 0. The molecule has 76 valence electrons. The summed E-state index contributed by atoms with van der Waals surface area (Å²) in [7, 11) is -4.92. The summed E-state index contributed by atoms with van der Waals surface area (Å²) in [4.78, 5) is 0. The summed E-state index contributed by atoms with van der Waals surface area (Å²) in [5.74, 6) is 0. The minimum absolute atomic E-state index is 0.542. The van der Waals surface area contributed by atoms with E-state index in [1.54, 1.807) is 0 Å². The third kappa shape index (κ3) is 47.8. The van der Waals surface area contributed by atoms with E-state index >= 15 is 0 Å². The molecule has 0 heterocycles. The third-order valence-corrected chi connectivity index (χ3v) is 3.46. The summed E-state index contributed by atoms with van der Waals surface area (Å²) in [5.41, 5.74) is 0. The Morgan fingerprint density at radius 1 is 1.08 bits per heavy atom. The second kappa shape index (κ2) is 6.83. The lowest BCUT2D eigenvalue weighted by Crippen LogP contribution is -2.02. The fourth-order valence-corrected chi connectivity index (χ4v) is 3.46. The van der Waals surface area contributed by atoms with Crippen LogP contribution >= 0.6 is 10.5 Å². The molecular weight excluding hydrogens is 211 g/mol. The van der Waals surface area contributed by atoms with Crippen molar-refractivity contribution in [3.8, 4) is 0 Å². The summed E-state index contributed by atoms with van der Waals surface area (Å²) < 4.78 is 41.4. The third-order valence-electron chi connectivity index (χ3n) is 0.385. The van der Waals surface area contributed by atoms with Gasteiger partial charge in [-0.25, -0.2) is 0 Å².